The van der Waals surface area contributed by atoms with E-state index in [0.29, 0.717) is 33.3 Å². The van der Waals surface area contributed by atoms with Crippen LogP contribution in [0.4, 0.5) is 16.3 Å². The zero-order valence-corrected chi connectivity index (χ0v) is 26.9. The molecule has 244 valence electrons. The van der Waals surface area contributed by atoms with E-state index in [-0.39, 0.29) is 48.3 Å². The Labute approximate surface area is 279 Å². The predicted molar refractivity (Wildman–Crippen MR) is 180 cm³/mol. The summed E-state index contributed by atoms with van der Waals surface area (Å²) in [5.41, 5.74) is 7.78. The van der Waals surface area contributed by atoms with Crippen molar-refractivity contribution in [2.24, 2.45) is 4.99 Å². The van der Waals surface area contributed by atoms with Crippen LogP contribution in [-0.2, 0) is 29.2 Å². The van der Waals surface area contributed by atoms with Crippen LogP contribution in [0.5, 0.6) is 0 Å². The van der Waals surface area contributed by atoms with Crippen molar-refractivity contribution in [2.75, 3.05) is 24.6 Å². The van der Waals surface area contributed by atoms with Crippen LogP contribution in [0.15, 0.2) is 76.6 Å². The number of carbonyl (C=O) groups excluding carboxylic acids is 2. The Kier molecular flexibility index (Phi) is 11.5. The highest BCUT2D eigenvalue weighted by Gasteiger charge is 2.17. The second-order valence-corrected chi connectivity index (χ2v) is 10.8. The van der Waals surface area contributed by atoms with Crippen LogP contribution in [0, 0.1) is 0 Å². The lowest BCUT2D eigenvalue weighted by atomic mass is 10.1. The van der Waals surface area contributed by atoms with Crippen molar-refractivity contribution < 1.29 is 24.2 Å². The number of carboxylic acids is 1. The number of anilines is 2. The number of nitrogens with two attached hydrogens (primary N) is 1. The number of amides is 2. The largest absolute Gasteiger partial charge is 0.478 e. The van der Waals surface area contributed by atoms with Crippen LogP contribution in [0.2, 0.25) is 10.0 Å². The second-order valence-electron chi connectivity index (χ2n) is 10.0. The molecule has 0 saturated carbocycles. The zero-order chi connectivity index (χ0) is 34.1. The average molecular weight is 681 g/mol. The van der Waals surface area contributed by atoms with Crippen molar-refractivity contribution in [1.29, 1.82) is 0 Å². The summed E-state index contributed by atoms with van der Waals surface area (Å²) in [5.74, 6) is -1.38. The molecule has 3 aromatic carbocycles. The number of aromatic carboxylic acids is 1. The Morgan fingerprint density at radius 2 is 1.74 bits per heavy atom. The number of halogens is 2. The molecule has 2 amide bonds. The SMILES string of the molecule is CCNc1ncc(-c2cc(N)cc(C(=O)O)c2)n(CC(=O)NCc2ccc(C(=NC)NC(=O)OCc3c(Cl)cccc3Cl)cc2)c1=O. The Morgan fingerprint density at radius 1 is 1.04 bits per heavy atom. The number of amidine groups is 1. The molecule has 0 saturated heterocycles. The third kappa shape index (κ3) is 8.87. The van der Waals surface area contributed by atoms with E-state index in [9.17, 15) is 24.3 Å². The third-order valence-corrected chi connectivity index (χ3v) is 7.48. The molecular formula is C32H31Cl2N7O6. The van der Waals surface area contributed by atoms with Gasteiger partial charge in [0.1, 0.15) is 19.0 Å². The number of nitrogens with zero attached hydrogens (tertiary/aromatic N) is 3. The number of aromatic nitrogens is 2. The fraction of sp³-hybridized carbons (Fsp3) is 0.188. The van der Waals surface area contributed by atoms with Gasteiger partial charge in [-0.25, -0.2) is 14.6 Å². The van der Waals surface area contributed by atoms with Gasteiger partial charge in [0, 0.05) is 52.6 Å². The quantitative estimate of drug-likeness (QED) is 0.0860. The van der Waals surface area contributed by atoms with E-state index < -0.39 is 23.5 Å². The molecule has 0 fully saturated rings. The first-order valence-corrected chi connectivity index (χ1v) is 14.9. The van der Waals surface area contributed by atoms with E-state index in [1.54, 1.807) is 49.4 Å². The van der Waals surface area contributed by atoms with Gasteiger partial charge in [-0.1, -0.05) is 53.5 Å². The number of rotatable bonds is 11. The molecule has 0 spiro atoms. The van der Waals surface area contributed by atoms with Crippen LogP contribution in [-0.4, -0.2) is 52.1 Å². The average Bonchev–Trinajstić information content (AvgIpc) is 3.04. The summed E-state index contributed by atoms with van der Waals surface area (Å²) in [6.07, 6.45) is 0.632. The normalized spacial score (nSPS) is 11.1. The van der Waals surface area contributed by atoms with E-state index in [0.717, 1.165) is 5.56 Å². The predicted octanol–water partition coefficient (Wildman–Crippen LogP) is 4.55. The van der Waals surface area contributed by atoms with Gasteiger partial charge in [0.25, 0.3) is 5.56 Å². The first-order valence-electron chi connectivity index (χ1n) is 14.2. The van der Waals surface area contributed by atoms with Crippen LogP contribution in [0.25, 0.3) is 11.3 Å². The van der Waals surface area contributed by atoms with E-state index in [1.165, 1.54) is 36.0 Å². The fourth-order valence-corrected chi connectivity index (χ4v) is 4.97. The van der Waals surface area contributed by atoms with Gasteiger partial charge in [-0.2, -0.15) is 0 Å². The minimum Gasteiger partial charge on any atom is -0.478 e. The lowest BCUT2D eigenvalue weighted by Crippen LogP contribution is -2.34. The highest BCUT2D eigenvalue weighted by molar-refractivity contribution is 6.36. The summed E-state index contributed by atoms with van der Waals surface area (Å²) in [4.78, 5) is 58.6. The monoisotopic (exact) mass is 679 g/mol. The number of nitrogen functional groups attached to an aromatic ring is 1. The van der Waals surface area contributed by atoms with Crippen LogP contribution in [0.3, 0.4) is 0 Å². The van der Waals surface area contributed by atoms with Gasteiger partial charge in [-0.15, -0.1) is 0 Å². The molecule has 13 nitrogen and oxygen atoms in total. The molecule has 4 aromatic rings. The smallest absolute Gasteiger partial charge is 0.413 e. The molecule has 0 radical (unpaired) electrons. The van der Waals surface area contributed by atoms with E-state index in [4.69, 9.17) is 33.7 Å². The molecule has 15 heteroatoms. The molecule has 0 aliphatic carbocycles. The van der Waals surface area contributed by atoms with Gasteiger partial charge in [0.2, 0.25) is 5.91 Å². The number of benzene rings is 3. The molecule has 1 aromatic heterocycles. The summed E-state index contributed by atoms with van der Waals surface area (Å²) in [6.45, 7) is 1.84. The zero-order valence-electron chi connectivity index (χ0n) is 25.3. The summed E-state index contributed by atoms with van der Waals surface area (Å²) in [7, 11) is 1.51. The molecule has 0 atom stereocenters. The number of carboxylic acid groups (broad SMARTS) is 1. The minimum absolute atomic E-state index is 0.0422. The van der Waals surface area contributed by atoms with Gasteiger partial charge in [-0.05, 0) is 42.8 Å². The van der Waals surface area contributed by atoms with Crippen molar-refractivity contribution in [3.05, 3.63) is 110 Å². The Morgan fingerprint density at radius 3 is 2.38 bits per heavy atom. The van der Waals surface area contributed by atoms with Gasteiger partial charge in [0.05, 0.1) is 17.5 Å². The minimum atomic E-state index is -1.19. The number of aliphatic imine (C=N–C) groups is 1. The number of hydrogen-bond donors (Lipinski definition) is 5. The molecule has 1 heterocycles. The van der Waals surface area contributed by atoms with Gasteiger partial charge in [-0.3, -0.25) is 24.5 Å². The molecule has 0 unspecified atom stereocenters. The summed E-state index contributed by atoms with van der Waals surface area (Å²) in [5, 5.41) is 18.5. The Bertz CT molecular complexity index is 1870. The van der Waals surface area contributed by atoms with E-state index in [2.05, 4.69) is 25.9 Å². The fourth-order valence-electron chi connectivity index (χ4n) is 4.47. The maximum absolute atomic E-state index is 13.3. The van der Waals surface area contributed by atoms with Crippen molar-refractivity contribution in [2.45, 2.75) is 26.6 Å². The number of carbonyl (C=O) groups is 3. The molecule has 47 heavy (non-hydrogen) atoms. The van der Waals surface area contributed by atoms with Gasteiger partial charge < -0.3 is 26.2 Å². The maximum Gasteiger partial charge on any atom is 0.413 e. The molecule has 4 rings (SSSR count). The molecule has 0 aliphatic rings. The van der Waals surface area contributed by atoms with Crippen molar-refractivity contribution >= 4 is 58.5 Å². The standard InChI is InChI=1S/C32H31Cl2N7O6/c1-3-37-29-30(43)41(26(15-39-29)20-11-21(31(44)45)13-22(35)12-20)16-27(42)38-14-18-7-9-19(10-8-18)28(36-2)40-32(46)47-17-23-24(33)5-4-6-25(23)34/h4-13,15H,3,14,16-17,35H2,1-2H3,(H,37,39)(H,38,42)(H,44,45)(H,36,40,46). The summed E-state index contributed by atoms with van der Waals surface area (Å²) < 4.78 is 6.46. The Hall–Kier alpha value is -5.40. The van der Waals surface area contributed by atoms with E-state index in [1.807, 2.05) is 0 Å². The molecule has 0 bridgehead atoms. The van der Waals surface area contributed by atoms with Crippen molar-refractivity contribution in [1.82, 2.24) is 20.2 Å². The first-order chi connectivity index (χ1) is 22.5. The third-order valence-electron chi connectivity index (χ3n) is 6.77. The van der Waals surface area contributed by atoms with Crippen LogP contribution < -0.4 is 27.2 Å². The Balaban J connectivity index is 1.42. The summed E-state index contributed by atoms with van der Waals surface area (Å²) in [6, 6.07) is 16.0. The van der Waals surface area contributed by atoms with Crippen molar-refractivity contribution in [3.63, 3.8) is 0 Å². The van der Waals surface area contributed by atoms with Gasteiger partial charge in [0.15, 0.2) is 5.82 Å². The molecular weight excluding hydrogens is 649 g/mol. The van der Waals surface area contributed by atoms with Crippen LogP contribution in [0.1, 0.15) is 34.0 Å². The maximum atomic E-state index is 13.3. The number of ether oxygens (including phenoxy) is 1. The highest BCUT2D eigenvalue weighted by atomic mass is 35.5. The number of nitrogens with one attached hydrogen (secondary N) is 3. The number of alkyl carbamates (subject to hydrolysis) is 1. The lowest BCUT2D eigenvalue weighted by Gasteiger charge is -2.15. The lowest BCUT2D eigenvalue weighted by molar-refractivity contribution is -0.121. The topological polar surface area (TPSA) is 190 Å². The number of hydrogen-bond acceptors (Lipinski definition) is 9. The highest BCUT2D eigenvalue weighted by Crippen LogP contribution is 2.25. The van der Waals surface area contributed by atoms with E-state index >= 15 is 0 Å². The van der Waals surface area contributed by atoms with Crippen molar-refractivity contribution in [3.8, 4) is 11.3 Å². The van der Waals surface area contributed by atoms with Crippen LogP contribution >= 0.6 is 23.2 Å². The second kappa shape index (κ2) is 15.7. The first kappa shape index (κ1) is 34.5. The molecule has 6 N–H and O–H groups in total. The van der Waals surface area contributed by atoms with Gasteiger partial charge >= 0.3 is 12.1 Å². The molecule has 0 aliphatic heterocycles. The summed E-state index contributed by atoms with van der Waals surface area (Å²) >= 11 is 12.3.